The van der Waals surface area contributed by atoms with E-state index >= 15 is 0 Å². The number of hydrogen-bond donors (Lipinski definition) is 5. The van der Waals surface area contributed by atoms with Gasteiger partial charge in [-0.1, -0.05) is 0 Å². The highest BCUT2D eigenvalue weighted by Crippen LogP contribution is 2.32. The Morgan fingerprint density at radius 2 is 1.56 bits per heavy atom. The summed E-state index contributed by atoms with van der Waals surface area (Å²) in [5.41, 5.74) is 0. The van der Waals surface area contributed by atoms with Gasteiger partial charge in [0.1, 0.15) is 0 Å². The monoisotopic (exact) mass is 196 g/mol. The van der Waals surface area contributed by atoms with Gasteiger partial charge < -0.3 is 14.7 Å². The fourth-order valence-electron chi connectivity index (χ4n) is 0.138. The largest absolute Gasteiger partial charge is 0.328 e. The normalized spacial score (nSPS) is 13.8. The summed E-state index contributed by atoms with van der Waals surface area (Å²) < 4.78 is 27.3. The maximum Gasteiger partial charge on any atom is 0.316 e. The Balaban J connectivity index is 4.76. The minimum Gasteiger partial charge on any atom is -0.328 e. The molecule has 9 heteroatoms. The Bertz CT molecular complexity index is 220. The van der Waals surface area contributed by atoms with Crippen LogP contribution in [0.2, 0.25) is 0 Å². The Kier molecular flexibility index (Phi) is 2.84. The van der Waals surface area contributed by atoms with E-state index in [1.807, 2.05) is 0 Å². The summed E-state index contributed by atoms with van der Waals surface area (Å²) in [6.07, 6.45) is 0. The van der Waals surface area contributed by atoms with Gasteiger partial charge in [0.2, 0.25) is 0 Å². The number of hydrogen-bond acceptors (Lipinski definition) is 2. The van der Waals surface area contributed by atoms with Gasteiger partial charge in [-0.25, -0.2) is 0 Å². The van der Waals surface area contributed by atoms with Crippen molar-refractivity contribution in [2.24, 2.45) is 0 Å². The van der Waals surface area contributed by atoms with E-state index in [1.165, 1.54) is 0 Å². The Hall–Kier alpha value is 0.570. The first-order valence-corrected chi connectivity index (χ1v) is 6.79. The zero-order chi connectivity index (χ0) is 7.71. The van der Waals surface area contributed by atoms with Crippen LogP contribution < -0.4 is 0 Å². The van der Waals surface area contributed by atoms with Gasteiger partial charge in [0.05, 0.1) is 0 Å². The van der Waals surface area contributed by atoms with Crippen LogP contribution in [0.4, 0.5) is 0 Å². The SMILES string of the molecule is O=S(=O)(O)[SH]=P(O)(O)O. The summed E-state index contributed by atoms with van der Waals surface area (Å²) in [6.45, 7) is -4.40. The lowest BCUT2D eigenvalue weighted by Crippen LogP contribution is -1.93. The molecule has 58 valence electrons. The van der Waals surface area contributed by atoms with Gasteiger partial charge in [-0.15, -0.1) is 0 Å². The molecule has 9 heavy (non-hydrogen) atoms. The van der Waals surface area contributed by atoms with Crippen molar-refractivity contribution in [3.63, 3.8) is 0 Å². The molecule has 0 fully saturated rings. The van der Waals surface area contributed by atoms with Gasteiger partial charge in [0.15, 0.2) is 0 Å². The first-order chi connectivity index (χ1) is 3.71. The van der Waals surface area contributed by atoms with Gasteiger partial charge in [-0.2, -0.15) is 8.42 Å². The van der Waals surface area contributed by atoms with Gasteiger partial charge in [-0.3, -0.25) is 4.55 Å². The van der Waals surface area contributed by atoms with Gasteiger partial charge >= 0.3 is 9.15 Å². The molecule has 0 aliphatic rings. The Morgan fingerprint density at radius 3 is 1.56 bits per heavy atom. The van der Waals surface area contributed by atoms with Crippen molar-refractivity contribution in [2.45, 2.75) is 0 Å². The fraction of sp³-hybridized carbons (Fsp3) is 0. The van der Waals surface area contributed by atoms with Crippen LogP contribution in [0, 0.1) is 0 Å². The lowest BCUT2D eigenvalue weighted by molar-refractivity contribution is 0.363. The second-order valence-corrected chi connectivity index (χ2v) is 8.15. The average Bonchev–Trinajstić information content (AvgIpc) is 1.14. The lowest BCUT2D eigenvalue weighted by Gasteiger charge is -1.97. The van der Waals surface area contributed by atoms with E-state index in [9.17, 15) is 8.42 Å². The van der Waals surface area contributed by atoms with Gasteiger partial charge in [-0.05, 0) is 0 Å². The first-order valence-electron chi connectivity index (χ1n) is 1.50. The maximum atomic E-state index is 9.74. The van der Waals surface area contributed by atoms with Crippen molar-refractivity contribution < 1.29 is 27.7 Å². The molecule has 0 amide bonds. The molecule has 0 bridgehead atoms. The molecule has 0 aromatic rings. The summed E-state index contributed by atoms with van der Waals surface area (Å²) in [5, 5.41) is 0. The highest BCUT2D eigenvalue weighted by atomic mass is 33.2. The van der Waals surface area contributed by atoms with E-state index < -0.39 is 25.8 Å². The predicted molar refractivity (Wildman–Crippen MR) is 33.9 cm³/mol. The molecule has 4 N–H and O–H groups in total. The minimum atomic E-state index is -4.51. The fourth-order valence-corrected chi connectivity index (χ4v) is 3.74. The van der Waals surface area contributed by atoms with Crippen molar-refractivity contribution in [1.29, 1.82) is 0 Å². The molecule has 0 saturated heterocycles. The standard InChI is InChI=1S/H5O6PS2/c1-7(2,3)8-9(4,5)6/h1-3,8H,(H,4,5,6). The number of thiol groups is 1. The quantitative estimate of drug-likeness (QED) is 0.147. The van der Waals surface area contributed by atoms with Crippen LogP contribution in [-0.2, 0) is 19.1 Å². The second kappa shape index (κ2) is 2.67. The smallest absolute Gasteiger partial charge is 0.316 e. The zero-order valence-electron chi connectivity index (χ0n) is 3.91. The molecule has 0 saturated carbocycles. The second-order valence-electron chi connectivity index (χ2n) is 1.07. The zero-order valence-corrected chi connectivity index (χ0v) is 6.51. The topological polar surface area (TPSA) is 115 Å². The highest BCUT2D eigenvalue weighted by molar-refractivity contribution is 8.68. The third-order valence-electron chi connectivity index (χ3n) is 0.213. The minimum absolute atomic E-state index is 1.16. The molecule has 0 rings (SSSR count). The summed E-state index contributed by atoms with van der Waals surface area (Å²) in [7, 11) is -5.67. The van der Waals surface area contributed by atoms with E-state index in [4.69, 9.17) is 19.2 Å². The van der Waals surface area contributed by atoms with Crippen LogP contribution in [0.25, 0.3) is 0 Å². The molecular formula is H5O6PS2. The van der Waals surface area contributed by atoms with Crippen molar-refractivity contribution in [1.82, 2.24) is 0 Å². The molecule has 0 aromatic carbocycles. The molecule has 0 radical (unpaired) electrons. The molecule has 0 heterocycles. The van der Waals surface area contributed by atoms with E-state index in [0.717, 1.165) is 0 Å². The van der Waals surface area contributed by atoms with E-state index in [1.54, 1.807) is 0 Å². The highest BCUT2D eigenvalue weighted by Gasteiger charge is 2.08. The van der Waals surface area contributed by atoms with Gasteiger partial charge in [0, 0.05) is 9.97 Å². The average molecular weight is 196 g/mol. The summed E-state index contributed by atoms with van der Waals surface area (Å²) in [6, 6.07) is 0. The molecule has 0 aliphatic carbocycles. The van der Waals surface area contributed by atoms with Crippen LogP contribution in [-0.4, -0.2) is 27.7 Å². The van der Waals surface area contributed by atoms with Gasteiger partial charge in [0.25, 0.3) is 6.72 Å². The summed E-state index contributed by atoms with van der Waals surface area (Å²) in [4.78, 5) is 24.1. The van der Waals surface area contributed by atoms with E-state index in [-0.39, 0.29) is 0 Å². The molecule has 0 aromatic heterocycles. The molecule has 0 atom stereocenters. The molecular weight excluding hydrogens is 191 g/mol. The van der Waals surface area contributed by atoms with E-state index in [0.29, 0.717) is 0 Å². The van der Waals surface area contributed by atoms with E-state index in [2.05, 4.69) is 0 Å². The predicted octanol–water partition coefficient (Wildman–Crippen LogP) is -1.74. The van der Waals surface area contributed by atoms with Crippen molar-refractivity contribution >= 4 is 25.8 Å². The van der Waals surface area contributed by atoms with Crippen molar-refractivity contribution in [3.05, 3.63) is 0 Å². The molecule has 0 aliphatic heterocycles. The van der Waals surface area contributed by atoms with Crippen molar-refractivity contribution in [3.8, 4) is 0 Å². The molecule has 6 nitrogen and oxygen atoms in total. The molecule has 0 unspecified atom stereocenters. The van der Waals surface area contributed by atoms with Crippen LogP contribution in [0.1, 0.15) is 0 Å². The third kappa shape index (κ3) is 8.57. The molecule has 0 spiro atoms. The third-order valence-corrected chi connectivity index (χ3v) is 5.74. The Labute approximate surface area is 54.1 Å². The first kappa shape index (κ1) is 9.57. The number of rotatable bonds is 1. The lowest BCUT2D eigenvalue weighted by atomic mass is 15.8. The van der Waals surface area contributed by atoms with Crippen molar-refractivity contribution in [2.75, 3.05) is 0 Å². The summed E-state index contributed by atoms with van der Waals surface area (Å²) in [5.74, 6) is 0. The van der Waals surface area contributed by atoms with Crippen LogP contribution in [0.3, 0.4) is 0 Å². The Morgan fingerprint density at radius 1 is 1.22 bits per heavy atom. The van der Waals surface area contributed by atoms with Crippen LogP contribution in [0.5, 0.6) is 0 Å². The van der Waals surface area contributed by atoms with Crippen LogP contribution >= 0.6 is 6.72 Å². The maximum absolute atomic E-state index is 9.74. The summed E-state index contributed by atoms with van der Waals surface area (Å²) >= 11 is 0. The van der Waals surface area contributed by atoms with Crippen LogP contribution in [0.15, 0.2) is 0 Å².